The highest BCUT2D eigenvalue weighted by molar-refractivity contribution is 4.54. The summed E-state index contributed by atoms with van der Waals surface area (Å²) >= 11 is 0. The van der Waals surface area contributed by atoms with Gasteiger partial charge in [0, 0.05) is 19.8 Å². The lowest BCUT2D eigenvalue weighted by molar-refractivity contribution is 0.0261. The molecule has 0 aromatic heterocycles. The molecule has 3 N–H and O–H groups in total. The molecule has 1 unspecified atom stereocenters. The number of hydrogen-bond acceptors (Lipinski definition) is 4. The quantitative estimate of drug-likeness (QED) is 0.450. The van der Waals surface area contributed by atoms with E-state index in [1.54, 1.807) is 0 Å². The molecule has 0 radical (unpaired) electrons. The van der Waals surface area contributed by atoms with E-state index in [0.29, 0.717) is 19.6 Å². The van der Waals surface area contributed by atoms with Crippen molar-refractivity contribution in [3.63, 3.8) is 0 Å². The first-order valence-electron chi connectivity index (χ1n) is 5.28. The van der Waals surface area contributed by atoms with Crippen LogP contribution in [0.1, 0.15) is 32.1 Å². The summed E-state index contributed by atoms with van der Waals surface area (Å²) in [4.78, 5) is 0. The van der Waals surface area contributed by atoms with Gasteiger partial charge in [-0.3, -0.25) is 0 Å². The number of aliphatic hydroxyl groups is 3. The summed E-state index contributed by atoms with van der Waals surface area (Å²) in [6.07, 6.45) is 3.61. The smallest absolute Gasteiger partial charge is 0.0773 e. The fourth-order valence-electron chi connectivity index (χ4n) is 1.14. The van der Waals surface area contributed by atoms with Gasteiger partial charge < -0.3 is 20.1 Å². The van der Waals surface area contributed by atoms with Crippen molar-refractivity contribution in [1.29, 1.82) is 0 Å². The monoisotopic (exact) mass is 206 g/mol. The van der Waals surface area contributed by atoms with E-state index in [1.807, 2.05) is 0 Å². The zero-order valence-electron chi connectivity index (χ0n) is 8.69. The molecule has 0 bridgehead atoms. The van der Waals surface area contributed by atoms with Gasteiger partial charge in [-0.1, -0.05) is 12.8 Å². The van der Waals surface area contributed by atoms with Gasteiger partial charge in [-0.05, 0) is 19.3 Å². The summed E-state index contributed by atoms with van der Waals surface area (Å²) in [6.45, 7) is 1.21. The van der Waals surface area contributed by atoms with Crippen LogP contribution in [-0.2, 0) is 4.74 Å². The largest absolute Gasteiger partial charge is 0.396 e. The molecule has 0 saturated carbocycles. The van der Waals surface area contributed by atoms with Crippen LogP contribution in [0.5, 0.6) is 0 Å². The topological polar surface area (TPSA) is 69.9 Å². The van der Waals surface area contributed by atoms with E-state index in [1.165, 1.54) is 0 Å². The van der Waals surface area contributed by atoms with Crippen molar-refractivity contribution < 1.29 is 20.1 Å². The number of rotatable bonds is 10. The van der Waals surface area contributed by atoms with Crippen molar-refractivity contribution in [2.45, 2.75) is 38.2 Å². The standard InChI is InChI=1S/C10H22O4/c11-6-3-1-2-5-10(13)9-14-8-4-7-12/h10-13H,1-9H2. The first kappa shape index (κ1) is 13.8. The first-order valence-corrected chi connectivity index (χ1v) is 5.28. The van der Waals surface area contributed by atoms with Crippen LogP contribution in [0.2, 0.25) is 0 Å². The second-order valence-corrected chi connectivity index (χ2v) is 3.38. The fraction of sp³-hybridized carbons (Fsp3) is 1.00. The van der Waals surface area contributed by atoms with Crippen molar-refractivity contribution >= 4 is 0 Å². The summed E-state index contributed by atoms with van der Waals surface area (Å²) in [5, 5.41) is 26.4. The van der Waals surface area contributed by atoms with E-state index < -0.39 is 6.10 Å². The number of aliphatic hydroxyl groups excluding tert-OH is 3. The van der Waals surface area contributed by atoms with Crippen LogP contribution in [0.15, 0.2) is 0 Å². The third-order valence-corrected chi connectivity index (χ3v) is 1.95. The van der Waals surface area contributed by atoms with Crippen LogP contribution in [0.4, 0.5) is 0 Å². The summed E-state index contributed by atoms with van der Waals surface area (Å²) in [5.74, 6) is 0. The normalized spacial score (nSPS) is 13.1. The van der Waals surface area contributed by atoms with Crippen LogP contribution < -0.4 is 0 Å². The lowest BCUT2D eigenvalue weighted by Gasteiger charge is -2.10. The van der Waals surface area contributed by atoms with E-state index in [9.17, 15) is 5.11 Å². The molecule has 0 aromatic rings. The summed E-state index contributed by atoms with van der Waals surface area (Å²) in [5.41, 5.74) is 0. The second kappa shape index (κ2) is 10.9. The highest BCUT2D eigenvalue weighted by atomic mass is 16.5. The van der Waals surface area contributed by atoms with Gasteiger partial charge in [0.2, 0.25) is 0 Å². The molecule has 86 valence electrons. The average Bonchev–Trinajstić information content (AvgIpc) is 2.19. The predicted molar refractivity (Wildman–Crippen MR) is 54.1 cm³/mol. The van der Waals surface area contributed by atoms with E-state index in [0.717, 1.165) is 25.7 Å². The first-order chi connectivity index (χ1) is 6.81. The minimum Gasteiger partial charge on any atom is -0.396 e. The minimum absolute atomic E-state index is 0.132. The Kier molecular flexibility index (Phi) is 10.8. The van der Waals surface area contributed by atoms with Gasteiger partial charge in [0.1, 0.15) is 0 Å². The molecule has 0 saturated heterocycles. The molecule has 0 rings (SSSR count). The molecule has 0 heterocycles. The van der Waals surface area contributed by atoms with Crippen molar-refractivity contribution in [1.82, 2.24) is 0 Å². The molecular weight excluding hydrogens is 184 g/mol. The van der Waals surface area contributed by atoms with Gasteiger partial charge in [-0.25, -0.2) is 0 Å². The van der Waals surface area contributed by atoms with Gasteiger partial charge in [0.05, 0.1) is 12.7 Å². The summed E-state index contributed by atoms with van der Waals surface area (Å²) in [6, 6.07) is 0. The Bertz CT molecular complexity index is 96.3. The van der Waals surface area contributed by atoms with E-state index >= 15 is 0 Å². The van der Waals surface area contributed by atoms with Crippen LogP contribution in [-0.4, -0.2) is 47.9 Å². The van der Waals surface area contributed by atoms with Crippen molar-refractivity contribution in [2.24, 2.45) is 0 Å². The van der Waals surface area contributed by atoms with Crippen LogP contribution in [0, 0.1) is 0 Å². The SMILES string of the molecule is OCCCCCC(O)COCCCO. The molecule has 0 spiro atoms. The molecule has 0 amide bonds. The molecule has 0 fully saturated rings. The number of hydrogen-bond donors (Lipinski definition) is 3. The Morgan fingerprint density at radius 2 is 1.64 bits per heavy atom. The third-order valence-electron chi connectivity index (χ3n) is 1.95. The maximum Gasteiger partial charge on any atom is 0.0773 e. The molecule has 0 aliphatic carbocycles. The minimum atomic E-state index is -0.410. The summed E-state index contributed by atoms with van der Waals surface area (Å²) in [7, 11) is 0. The van der Waals surface area contributed by atoms with Gasteiger partial charge in [-0.2, -0.15) is 0 Å². The fourth-order valence-corrected chi connectivity index (χ4v) is 1.14. The number of ether oxygens (including phenoxy) is 1. The highest BCUT2D eigenvalue weighted by Gasteiger charge is 2.03. The Balaban J connectivity index is 3.07. The van der Waals surface area contributed by atoms with E-state index in [2.05, 4.69) is 0 Å². The van der Waals surface area contributed by atoms with E-state index in [4.69, 9.17) is 14.9 Å². The van der Waals surface area contributed by atoms with Gasteiger partial charge in [0.15, 0.2) is 0 Å². The van der Waals surface area contributed by atoms with E-state index in [-0.39, 0.29) is 13.2 Å². The lowest BCUT2D eigenvalue weighted by atomic mass is 10.1. The molecular formula is C10H22O4. The van der Waals surface area contributed by atoms with Crippen molar-refractivity contribution in [2.75, 3.05) is 26.4 Å². The lowest BCUT2D eigenvalue weighted by Crippen LogP contribution is -2.16. The van der Waals surface area contributed by atoms with Crippen molar-refractivity contribution in [3.8, 4) is 0 Å². The average molecular weight is 206 g/mol. The Labute approximate surface area is 85.5 Å². The van der Waals surface area contributed by atoms with Gasteiger partial charge in [0.25, 0.3) is 0 Å². The molecule has 14 heavy (non-hydrogen) atoms. The third kappa shape index (κ3) is 9.92. The highest BCUT2D eigenvalue weighted by Crippen LogP contribution is 2.03. The predicted octanol–water partition coefficient (Wildman–Crippen LogP) is 0.299. The zero-order valence-corrected chi connectivity index (χ0v) is 8.69. The molecule has 1 atom stereocenters. The Morgan fingerprint density at radius 1 is 0.929 bits per heavy atom. The molecule has 0 aliphatic rings. The molecule has 0 aromatic carbocycles. The molecule has 4 heteroatoms. The maximum absolute atomic E-state index is 9.40. The van der Waals surface area contributed by atoms with Gasteiger partial charge >= 0.3 is 0 Å². The van der Waals surface area contributed by atoms with Crippen LogP contribution in [0.25, 0.3) is 0 Å². The maximum atomic E-state index is 9.40. The van der Waals surface area contributed by atoms with Crippen LogP contribution >= 0.6 is 0 Å². The van der Waals surface area contributed by atoms with Crippen LogP contribution in [0.3, 0.4) is 0 Å². The molecule has 0 aliphatic heterocycles. The zero-order chi connectivity index (χ0) is 10.6. The number of unbranched alkanes of at least 4 members (excludes halogenated alkanes) is 2. The van der Waals surface area contributed by atoms with Gasteiger partial charge in [-0.15, -0.1) is 0 Å². The van der Waals surface area contributed by atoms with Crippen molar-refractivity contribution in [3.05, 3.63) is 0 Å². The Morgan fingerprint density at radius 3 is 2.29 bits per heavy atom. The summed E-state index contributed by atoms with van der Waals surface area (Å²) < 4.78 is 5.13. The second-order valence-electron chi connectivity index (χ2n) is 3.38. The molecule has 4 nitrogen and oxygen atoms in total. The Hall–Kier alpha value is -0.160.